The van der Waals surface area contributed by atoms with Crippen LogP contribution in [0.1, 0.15) is 18.4 Å². The van der Waals surface area contributed by atoms with Crippen LogP contribution in [-0.2, 0) is 4.79 Å². The van der Waals surface area contributed by atoms with Crippen molar-refractivity contribution in [3.05, 3.63) is 60.2 Å². The number of piperidine rings is 1. The predicted molar refractivity (Wildman–Crippen MR) is 106 cm³/mol. The van der Waals surface area contributed by atoms with Gasteiger partial charge in [0.25, 0.3) is 0 Å². The minimum Gasteiger partial charge on any atom is -0.371 e. The lowest BCUT2D eigenvalue weighted by Crippen LogP contribution is -2.38. The number of hydrogen-bond acceptors (Lipinski definition) is 3. The molecule has 0 aliphatic carbocycles. The molecule has 1 aliphatic rings. The quantitative estimate of drug-likeness (QED) is 0.783. The molecule has 0 radical (unpaired) electrons. The molecule has 1 saturated heterocycles. The van der Waals surface area contributed by atoms with Crippen LogP contribution in [0.15, 0.2) is 54.6 Å². The summed E-state index contributed by atoms with van der Waals surface area (Å²) in [6.45, 7) is 3.79. The minimum absolute atomic E-state index is 0.00492. The van der Waals surface area contributed by atoms with Crippen LogP contribution in [0.3, 0.4) is 0 Å². The van der Waals surface area contributed by atoms with E-state index in [4.69, 9.17) is 10.7 Å². The van der Waals surface area contributed by atoms with E-state index in [1.54, 1.807) is 0 Å². The summed E-state index contributed by atoms with van der Waals surface area (Å²) in [6.07, 6.45) is 1.62. The molecule has 0 bridgehead atoms. The maximum Gasteiger partial charge on any atom is 0.220 e. The second-order valence-corrected chi connectivity index (χ2v) is 7.08. The van der Waals surface area contributed by atoms with E-state index in [0.717, 1.165) is 42.7 Å². The van der Waals surface area contributed by atoms with Crippen LogP contribution in [0.25, 0.3) is 22.2 Å². The highest BCUT2D eigenvalue weighted by Gasteiger charge is 2.24. The van der Waals surface area contributed by atoms with Gasteiger partial charge in [-0.05, 0) is 38.0 Å². The van der Waals surface area contributed by atoms with Crippen molar-refractivity contribution in [3.8, 4) is 11.3 Å². The van der Waals surface area contributed by atoms with Gasteiger partial charge in [0.2, 0.25) is 5.91 Å². The van der Waals surface area contributed by atoms with E-state index in [1.807, 2.05) is 18.2 Å². The molecule has 1 amide bonds. The fourth-order valence-electron chi connectivity index (χ4n) is 3.75. The molecule has 4 heteroatoms. The number of pyridine rings is 1. The van der Waals surface area contributed by atoms with Crippen LogP contribution < -0.4 is 10.6 Å². The van der Waals surface area contributed by atoms with Crippen LogP contribution in [0, 0.1) is 12.8 Å². The highest BCUT2D eigenvalue weighted by Crippen LogP contribution is 2.33. The molecule has 0 saturated carbocycles. The highest BCUT2D eigenvalue weighted by molar-refractivity contribution is 5.95. The van der Waals surface area contributed by atoms with Gasteiger partial charge in [-0.3, -0.25) is 4.79 Å². The van der Waals surface area contributed by atoms with Gasteiger partial charge in [-0.15, -0.1) is 0 Å². The molecule has 2 N–H and O–H groups in total. The van der Waals surface area contributed by atoms with Crippen molar-refractivity contribution in [3.63, 3.8) is 0 Å². The Hall–Kier alpha value is -2.88. The maximum absolute atomic E-state index is 11.5. The van der Waals surface area contributed by atoms with E-state index < -0.39 is 0 Å². The number of carbonyl (C=O) groups excluding carboxylic acids is 1. The lowest BCUT2D eigenvalue weighted by atomic mass is 9.95. The highest BCUT2D eigenvalue weighted by atomic mass is 16.1. The summed E-state index contributed by atoms with van der Waals surface area (Å²) >= 11 is 0. The van der Waals surface area contributed by atoms with Gasteiger partial charge in [0, 0.05) is 35.6 Å². The van der Waals surface area contributed by atoms with E-state index in [1.165, 1.54) is 16.6 Å². The standard InChI is InChI=1S/C22H23N3O/c1-15-7-8-19-18(13-15)21(25-11-9-17(10-12-25)22(23)26)14-20(24-19)16-5-3-2-4-6-16/h2-8,13-14,17H,9-12H2,1H3,(H2,23,26). The molecule has 0 atom stereocenters. The lowest BCUT2D eigenvalue weighted by Gasteiger charge is -2.33. The SMILES string of the molecule is Cc1ccc2nc(-c3ccccc3)cc(N3CCC(C(N)=O)CC3)c2c1. The number of hydrogen-bond donors (Lipinski definition) is 1. The van der Waals surface area contributed by atoms with Crippen molar-refractivity contribution in [1.82, 2.24) is 4.98 Å². The van der Waals surface area contributed by atoms with Crippen LogP contribution in [-0.4, -0.2) is 24.0 Å². The molecule has 1 aromatic heterocycles. The van der Waals surface area contributed by atoms with Crippen molar-refractivity contribution < 1.29 is 4.79 Å². The largest absolute Gasteiger partial charge is 0.371 e. The summed E-state index contributed by atoms with van der Waals surface area (Å²) in [7, 11) is 0. The number of aromatic nitrogens is 1. The zero-order valence-electron chi connectivity index (χ0n) is 15.0. The van der Waals surface area contributed by atoms with Crippen molar-refractivity contribution in [2.45, 2.75) is 19.8 Å². The van der Waals surface area contributed by atoms with E-state index >= 15 is 0 Å². The Morgan fingerprint density at radius 2 is 1.81 bits per heavy atom. The minimum atomic E-state index is -0.176. The van der Waals surface area contributed by atoms with Gasteiger partial charge in [0.15, 0.2) is 0 Å². The van der Waals surface area contributed by atoms with Crippen molar-refractivity contribution in [2.75, 3.05) is 18.0 Å². The maximum atomic E-state index is 11.5. The van der Waals surface area contributed by atoms with Gasteiger partial charge >= 0.3 is 0 Å². The first-order valence-corrected chi connectivity index (χ1v) is 9.13. The molecule has 1 aliphatic heterocycles. The number of carbonyl (C=O) groups is 1. The number of nitrogens with two attached hydrogens (primary N) is 1. The first-order valence-electron chi connectivity index (χ1n) is 9.13. The third kappa shape index (κ3) is 3.15. The average molecular weight is 345 g/mol. The van der Waals surface area contributed by atoms with Crippen molar-refractivity contribution in [2.24, 2.45) is 11.7 Å². The zero-order chi connectivity index (χ0) is 18.1. The van der Waals surface area contributed by atoms with Crippen molar-refractivity contribution >= 4 is 22.5 Å². The van der Waals surface area contributed by atoms with E-state index in [0.29, 0.717) is 0 Å². The third-order valence-electron chi connectivity index (χ3n) is 5.25. The van der Waals surface area contributed by atoms with Crippen molar-refractivity contribution in [1.29, 1.82) is 0 Å². The third-order valence-corrected chi connectivity index (χ3v) is 5.25. The molecule has 4 rings (SSSR count). The first-order chi connectivity index (χ1) is 12.6. The number of amides is 1. The second-order valence-electron chi connectivity index (χ2n) is 7.08. The number of benzene rings is 2. The Balaban J connectivity index is 1.79. The van der Waals surface area contributed by atoms with Crippen LogP contribution in [0.2, 0.25) is 0 Å². The molecule has 26 heavy (non-hydrogen) atoms. The smallest absolute Gasteiger partial charge is 0.220 e. The molecular formula is C22H23N3O. The summed E-state index contributed by atoms with van der Waals surface area (Å²) < 4.78 is 0. The fraction of sp³-hybridized carbons (Fsp3) is 0.273. The number of fused-ring (bicyclic) bond motifs is 1. The zero-order valence-corrected chi connectivity index (χ0v) is 15.0. The van der Waals surface area contributed by atoms with Gasteiger partial charge in [-0.25, -0.2) is 4.98 Å². The topological polar surface area (TPSA) is 59.2 Å². The van der Waals surface area contributed by atoms with Crippen LogP contribution >= 0.6 is 0 Å². The summed E-state index contributed by atoms with van der Waals surface area (Å²) in [5, 5.41) is 1.17. The van der Waals surface area contributed by atoms with Gasteiger partial charge in [-0.1, -0.05) is 42.0 Å². The Morgan fingerprint density at radius 3 is 2.50 bits per heavy atom. The van der Waals surface area contributed by atoms with Gasteiger partial charge in [0.1, 0.15) is 0 Å². The van der Waals surface area contributed by atoms with E-state index in [-0.39, 0.29) is 11.8 Å². The molecule has 132 valence electrons. The predicted octanol–water partition coefficient (Wildman–Crippen LogP) is 3.91. The van der Waals surface area contributed by atoms with E-state index in [2.05, 4.69) is 48.2 Å². The number of rotatable bonds is 3. The normalized spacial score (nSPS) is 15.3. The van der Waals surface area contributed by atoms with Crippen LogP contribution in [0.4, 0.5) is 5.69 Å². The molecule has 2 aromatic carbocycles. The van der Waals surface area contributed by atoms with Gasteiger partial charge < -0.3 is 10.6 Å². The molecule has 1 fully saturated rings. The monoisotopic (exact) mass is 345 g/mol. The molecule has 4 nitrogen and oxygen atoms in total. The number of anilines is 1. The summed E-state index contributed by atoms with van der Waals surface area (Å²) in [5.74, 6) is -0.181. The average Bonchev–Trinajstić information content (AvgIpc) is 2.68. The van der Waals surface area contributed by atoms with E-state index in [9.17, 15) is 4.79 Å². The summed E-state index contributed by atoms with van der Waals surface area (Å²) in [5.41, 5.74) is 11.0. The van der Waals surface area contributed by atoms with Gasteiger partial charge in [0.05, 0.1) is 11.2 Å². The molecule has 0 unspecified atom stereocenters. The Labute approximate surface area is 153 Å². The molecule has 2 heterocycles. The number of primary amides is 1. The second kappa shape index (κ2) is 6.79. The Kier molecular flexibility index (Phi) is 4.33. The Morgan fingerprint density at radius 1 is 1.08 bits per heavy atom. The fourth-order valence-corrected chi connectivity index (χ4v) is 3.75. The first kappa shape index (κ1) is 16.6. The molecule has 0 spiro atoms. The number of aryl methyl sites for hydroxylation is 1. The lowest BCUT2D eigenvalue weighted by molar-refractivity contribution is -0.122. The number of nitrogens with zero attached hydrogens (tertiary/aromatic N) is 2. The Bertz CT molecular complexity index is 944. The van der Waals surface area contributed by atoms with Crippen LogP contribution in [0.5, 0.6) is 0 Å². The summed E-state index contributed by atoms with van der Waals surface area (Å²) in [4.78, 5) is 18.7. The van der Waals surface area contributed by atoms with Gasteiger partial charge in [-0.2, -0.15) is 0 Å². The molecular weight excluding hydrogens is 322 g/mol. The molecule has 3 aromatic rings. The summed E-state index contributed by atoms with van der Waals surface area (Å²) in [6, 6.07) is 18.8.